The van der Waals surface area contributed by atoms with Crippen LogP contribution in [0.3, 0.4) is 0 Å². The molecule has 4 N–H and O–H groups in total. The highest BCUT2D eigenvalue weighted by atomic mass is 35.5. The third-order valence-electron chi connectivity index (χ3n) is 5.19. The van der Waals surface area contributed by atoms with Gasteiger partial charge in [0.25, 0.3) is 0 Å². The molecule has 0 heterocycles. The maximum atomic E-state index is 12.9. The summed E-state index contributed by atoms with van der Waals surface area (Å²) in [5.74, 6) is -0.585. The lowest BCUT2D eigenvalue weighted by Crippen LogP contribution is -2.37. The summed E-state index contributed by atoms with van der Waals surface area (Å²) in [7, 11) is -3.95. The maximum absolute atomic E-state index is 12.9. The summed E-state index contributed by atoms with van der Waals surface area (Å²) < 4.78 is 25.8. The van der Waals surface area contributed by atoms with Gasteiger partial charge < -0.3 is 20.8 Å². The van der Waals surface area contributed by atoms with Crippen molar-refractivity contribution in [3.63, 3.8) is 0 Å². The molecule has 9 heteroatoms. The van der Waals surface area contributed by atoms with Crippen molar-refractivity contribution in [3.05, 3.63) is 28.8 Å². The average Bonchev–Trinajstić information content (AvgIpc) is 3.19. The number of aliphatic hydroxyl groups excluding tert-OH is 1. The Morgan fingerprint density at radius 3 is 2.59 bits per heavy atom. The first kappa shape index (κ1) is 20.0. The zero-order valence-corrected chi connectivity index (χ0v) is 16.5. The summed E-state index contributed by atoms with van der Waals surface area (Å²) in [5.41, 5.74) is 1.03. The first-order valence-corrected chi connectivity index (χ1v) is 10.8. The number of carbonyl (C=O) groups excluding carboxylic acids is 1. The molecule has 0 saturated heterocycles. The van der Waals surface area contributed by atoms with Crippen molar-refractivity contribution in [2.75, 3.05) is 5.32 Å². The lowest BCUT2D eigenvalue weighted by atomic mass is 10.2. The highest BCUT2D eigenvalue weighted by Gasteiger charge is 2.38. The van der Waals surface area contributed by atoms with E-state index in [0.717, 1.165) is 18.4 Å². The van der Waals surface area contributed by atoms with Crippen LogP contribution in [0.5, 0.6) is 5.75 Å². The van der Waals surface area contributed by atoms with Crippen LogP contribution in [0.4, 0.5) is 10.5 Å². The molecule has 2 aliphatic rings. The molecule has 2 amide bonds. The van der Waals surface area contributed by atoms with E-state index in [2.05, 4.69) is 10.6 Å². The van der Waals surface area contributed by atoms with Gasteiger partial charge in [-0.25, -0.2) is 13.2 Å². The lowest BCUT2D eigenvalue weighted by molar-refractivity contribution is 0.183. The number of phenolic OH excluding ortho intramolecular Hbond substituents is 1. The van der Waals surface area contributed by atoms with Crippen LogP contribution in [0.25, 0.3) is 0 Å². The minimum absolute atomic E-state index is 0.0337. The molecule has 0 bridgehead atoms. The largest absolute Gasteiger partial charge is 0.504 e. The Morgan fingerprint density at radius 2 is 2.00 bits per heavy atom. The molecule has 3 rings (SSSR count). The van der Waals surface area contributed by atoms with Crippen molar-refractivity contribution in [1.82, 2.24) is 5.32 Å². The number of sulfone groups is 1. The van der Waals surface area contributed by atoms with Crippen molar-refractivity contribution in [3.8, 4) is 5.75 Å². The number of benzene rings is 1. The number of anilines is 1. The van der Waals surface area contributed by atoms with E-state index >= 15 is 0 Å². The van der Waals surface area contributed by atoms with Crippen LogP contribution in [-0.2, 0) is 9.84 Å². The number of nitrogens with one attached hydrogen (secondary N) is 2. The topological polar surface area (TPSA) is 116 Å². The third-order valence-corrected chi connectivity index (χ3v) is 7.90. The number of rotatable bonds is 4. The van der Waals surface area contributed by atoms with Gasteiger partial charge in [-0.05, 0) is 51.2 Å². The molecule has 3 unspecified atom stereocenters. The van der Waals surface area contributed by atoms with Crippen LogP contribution in [0.2, 0.25) is 5.02 Å². The van der Waals surface area contributed by atoms with E-state index in [9.17, 15) is 23.4 Å². The number of allylic oxidation sites excluding steroid dienone is 1. The number of carbonyl (C=O) groups is 1. The highest BCUT2D eigenvalue weighted by molar-refractivity contribution is 7.92. The fourth-order valence-corrected chi connectivity index (χ4v) is 6.08. The number of hydrogen-bond donors (Lipinski definition) is 4. The average molecular weight is 415 g/mol. The Bertz CT molecular complexity index is 884. The quantitative estimate of drug-likeness (QED) is 0.446. The summed E-state index contributed by atoms with van der Waals surface area (Å²) in [6.07, 6.45) is 3.84. The van der Waals surface area contributed by atoms with Crippen molar-refractivity contribution < 1.29 is 23.4 Å². The van der Waals surface area contributed by atoms with E-state index in [1.807, 2.05) is 13.0 Å². The van der Waals surface area contributed by atoms with Gasteiger partial charge in [0.05, 0.1) is 28.1 Å². The number of amides is 2. The zero-order chi connectivity index (χ0) is 19.8. The Hall–Kier alpha value is -1.77. The molecule has 1 saturated carbocycles. The maximum Gasteiger partial charge on any atom is 0.319 e. The van der Waals surface area contributed by atoms with Gasteiger partial charge in [-0.15, -0.1) is 0 Å². The van der Waals surface area contributed by atoms with Crippen LogP contribution in [-0.4, -0.2) is 42.1 Å². The lowest BCUT2D eigenvalue weighted by Gasteiger charge is -2.18. The molecule has 148 valence electrons. The molecule has 7 nitrogen and oxygen atoms in total. The molecule has 0 aliphatic heterocycles. The first-order valence-electron chi connectivity index (χ1n) is 8.87. The summed E-state index contributed by atoms with van der Waals surface area (Å²) in [4.78, 5) is 11.8. The Labute approximate surface area is 163 Å². The predicted octanol–water partition coefficient (Wildman–Crippen LogP) is 2.96. The molecular formula is C18H23ClN2O5S. The van der Waals surface area contributed by atoms with Gasteiger partial charge in [-0.3, -0.25) is 0 Å². The third kappa shape index (κ3) is 4.07. The van der Waals surface area contributed by atoms with E-state index in [-0.39, 0.29) is 23.2 Å². The summed E-state index contributed by atoms with van der Waals surface area (Å²) in [6, 6.07) is 2.07. The number of urea groups is 1. The number of phenols is 1. The van der Waals surface area contributed by atoms with Gasteiger partial charge in [0, 0.05) is 0 Å². The molecule has 1 aromatic carbocycles. The summed E-state index contributed by atoms with van der Waals surface area (Å²) in [5, 5.41) is 24.5. The van der Waals surface area contributed by atoms with Gasteiger partial charge in [0.15, 0.2) is 15.6 Å². The van der Waals surface area contributed by atoms with E-state index in [1.54, 1.807) is 0 Å². The second-order valence-corrected chi connectivity index (χ2v) is 9.66. The molecular weight excluding hydrogens is 392 g/mol. The normalized spacial score (nSPS) is 25.3. The van der Waals surface area contributed by atoms with Crippen LogP contribution in [0.15, 0.2) is 28.7 Å². The molecule has 27 heavy (non-hydrogen) atoms. The molecule has 0 spiro atoms. The highest BCUT2D eigenvalue weighted by Crippen LogP contribution is 2.41. The van der Waals surface area contributed by atoms with Gasteiger partial charge >= 0.3 is 6.03 Å². The van der Waals surface area contributed by atoms with Crippen LogP contribution in [0, 0.1) is 0 Å². The summed E-state index contributed by atoms with van der Waals surface area (Å²) in [6.45, 7) is 1.93. The second-order valence-electron chi connectivity index (χ2n) is 7.08. The van der Waals surface area contributed by atoms with Crippen molar-refractivity contribution in [2.24, 2.45) is 0 Å². The van der Waals surface area contributed by atoms with Gasteiger partial charge in [0.1, 0.15) is 4.90 Å². The van der Waals surface area contributed by atoms with Crippen molar-refractivity contribution in [2.45, 2.75) is 61.3 Å². The number of hydrogen-bond acceptors (Lipinski definition) is 5. The van der Waals surface area contributed by atoms with E-state index in [4.69, 9.17) is 11.6 Å². The number of aliphatic hydroxyl groups is 1. The number of halogens is 1. The smallest absolute Gasteiger partial charge is 0.319 e. The Kier molecular flexibility index (Phi) is 5.69. The molecule has 3 atom stereocenters. The standard InChI is InChI=1S/C18H23ClN2O5S/c1-10-3-2-4-14(10)20-18(24)21-15-8-7-13(19)17(16(15)23)27(25,26)12-6-5-11(22)9-12/h3,7-8,11-12,14,22-23H,2,4-6,9H2,1H3,(H2,20,21,24). The molecule has 1 aromatic rings. The van der Waals surface area contributed by atoms with E-state index < -0.39 is 37.9 Å². The number of aromatic hydroxyl groups is 1. The molecule has 0 aromatic heterocycles. The molecule has 1 fully saturated rings. The Balaban J connectivity index is 1.83. The molecule has 2 aliphatic carbocycles. The Morgan fingerprint density at radius 1 is 1.26 bits per heavy atom. The SMILES string of the molecule is CC1=CCCC1NC(=O)Nc1ccc(Cl)c(S(=O)(=O)C2CCC(O)C2)c1O. The monoisotopic (exact) mass is 414 g/mol. The molecule has 0 radical (unpaired) electrons. The van der Waals surface area contributed by atoms with Gasteiger partial charge in [0.2, 0.25) is 0 Å². The van der Waals surface area contributed by atoms with Crippen molar-refractivity contribution in [1.29, 1.82) is 0 Å². The van der Waals surface area contributed by atoms with Gasteiger partial charge in [-0.2, -0.15) is 0 Å². The minimum Gasteiger partial charge on any atom is -0.504 e. The minimum atomic E-state index is -3.95. The second kappa shape index (κ2) is 7.69. The predicted molar refractivity (Wildman–Crippen MR) is 103 cm³/mol. The van der Waals surface area contributed by atoms with Crippen LogP contribution in [0.1, 0.15) is 39.0 Å². The summed E-state index contributed by atoms with van der Waals surface area (Å²) >= 11 is 6.06. The fraction of sp³-hybridized carbons (Fsp3) is 0.500. The van der Waals surface area contributed by atoms with Crippen molar-refractivity contribution >= 4 is 33.2 Å². The van der Waals surface area contributed by atoms with Crippen LogP contribution < -0.4 is 10.6 Å². The first-order chi connectivity index (χ1) is 12.7. The zero-order valence-electron chi connectivity index (χ0n) is 14.9. The van der Waals surface area contributed by atoms with Gasteiger partial charge in [-0.1, -0.05) is 23.3 Å². The fourth-order valence-electron chi connectivity index (χ4n) is 3.63. The van der Waals surface area contributed by atoms with E-state index in [0.29, 0.717) is 12.8 Å². The van der Waals surface area contributed by atoms with E-state index in [1.165, 1.54) is 12.1 Å². The van der Waals surface area contributed by atoms with Crippen LogP contribution >= 0.6 is 11.6 Å².